The summed E-state index contributed by atoms with van der Waals surface area (Å²) in [7, 11) is 2.16. The third-order valence-corrected chi connectivity index (χ3v) is 4.47. The zero-order valence-corrected chi connectivity index (χ0v) is 14.2. The number of carbonyl (C=O) groups is 1. The molecule has 0 spiro atoms. The van der Waals surface area contributed by atoms with Gasteiger partial charge in [-0.3, -0.25) is 4.79 Å². The fraction of sp³-hybridized carbons (Fsp3) is 0.333. The molecule has 124 valence electrons. The number of fused-ring (bicyclic) bond motifs is 1. The Balaban J connectivity index is 1.42. The van der Waals surface area contributed by atoms with Crippen LogP contribution in [0.2, 0.25) is 0 Å². The van der Waals surface area contributed by atoms with Gasteiger partial charge in [0.15, 0.2) is 0 Å². The third kappa shape index (κ3) is 4.18. The summed E-state index contributed by atoms with van der Waals surface area (Å²) < 4.78 is 0. The van der Waals surface area contributed by atoms with Gasteiger partial charge in [-0.15, -0.1) is 0 Å². The average molecular weight is 320 g/mol. The van der Waals surface area contributed by atoms with Crippen LogP contribution in [0.15, 0.2) is 59.6 Å². The Morgan fingerprint density at radius 3 is 2.50 bits per heavy atom. The summed E-state index contributed by atoms with van der Waals surface area (Å²) in [5.41, 5.74) is 2.24. The first kappa shape index (κ1) is 16.6. The zero-order chi connectivity index (χ0) is 16.8. The minimum Gasteiger partial charge on any atom is -0.302 e. The van der Waals surface area contributed by atoms with Gasteiger partial charge in [0.25, 0.3) is 5.91 Å². The van der Waals surface area contributed by atoms with Crippen molar-refractivity contribution in [3.63, 3.8) is 0 Å². The van der Waals surface area contributed by atoms with Crippen molar-refractivity contribution in [3.8, 4) is 0 Å². The lowest BCUT2D eigenvalue weighted by Crippen LogP contribution is -2.22. The van der Waals surface area contributed by atoms with Crippen molar-refractivity contribution in [2.24, 2.45) is 4.99 Å². The number of unbranched alkanes of at least 4 members (excludes halogenated alkanes) is 2. The molecular weight excluding hydrogens is 296 g/mol. The van der Waals surface area contributed by atoms with Crippen LogP contribution in [-0.2, 0) is 11.3 Å². The van der Waals surface area contributed by atoms with Gasteiger partial charge in [0.1, 0.15) is 0 Å². The molecule has 0 N–H and O–H groups in total. The SMILES string of the molecule is CN(CCCCCC1=c2ccccc2=NC1=O)Cc1ccccc1. The summed E-state index contributed by atoms with van der Waals surface area (Å²) in [5.74, 6) is -0.0441. The van der Waals surface area contributed by atoms with Gasteiger partial charge in [0.05, 0.1) is 5.36 Å². The predicted molar refractivity (Wildman–Crippen MR) is 96.9 cm³/mol. The van der Waals surface area contributed by atoms with Crippen molar-refractivity contribution in [3.05, 3.63) is 70.7 Å². The molecule has 0 aliphatic carbocycles. The smallest absolute Gasteiger partial charge is 0.274 e. The van der Waals surface area contributed by atoms with E-state index >= 15 is 0 Å². The van der Waals surface area contributed by atoms with Gasteiger partial charge < -0.3 is 4.90 Å². The molecule has 1 amide bonds. The highest BCUT2D eigenvalue weighted by Crippen LogP contribution is 2.12. The lowest BCUT2D eigenvalue weighted by Gasteiger charge is -2.16. The number of para-hydroxylation sites is 1. The number of rotatable bonds is 8. The highest BCUT2D eigenvalue weighted by molar-refractivity contribution is 6.15. The molecule has 1 aliphatic heterocycles. The maximum Gasteiger partial charge on any atom is 0.274 e. The number of carbonyl (C=O) groups excluding carboxylic acids is 1. The third-order valence-electron chi connectivity index (χ3n) is 4.47. The molecule has 3 nitrogen and oxygen atoms in total. The summed E-state index contributed by atoms with van der Waals surface area (Å²) in [5, 5.41) is 1.86. The summed E-state index contributed by atoms with van der Waals surface area (Å²) in [6.45, 7) is 2.07. The van der Waals surface area contributed by atoms with E-state index in [0.29, 0.717) is 0 Å². The second kappa shape index (κ2) is 8.02. The maximum absolute atomic E-state index is 12.0. The Labute approximate surface area is 143 Å². The molecule has 0 aromatic heterocycles. The molecule has 1 aliphatic rings. The normalized spacial score (nSPS) is 13.2. The molecule has 0 bridgehead atoms. The molecule has 0 radical (unpaired) electrons. The molecule has 3 heteroatoms. The molecule has 2 aromatic carbocycles. The van der Waals surface area contributed by atoms with Crippen LogP contribution in [0.25, 0.3) is 5.57 Å². The first-order valence-electron chi connectivity index (χ1n) is 8.68. The van der Waals surface area contributed by atoms with Gasteiger partial charge in [-0.25, -0.2) is 4.99 Å². The van der Waals surface area contributed by atoms with Crippen LogP contribution in [-0.4, -0.2) is 24.4 Å². The topological polar surface area (TPSA) is 32.7 Å². The Hall–Kier alpha value is -2.26. The van der Waals surface area contributed by atoms with Crippen LogP contribution < -0.4 is 10.6 Å². The summed E-state index contributed by atoms with van der Waals surface area (Å²) in [4.78, 5) is 18.5. The van der Waals surface area contributed by atoms with Crippen LogP contribution in [0.4, 0.5) is 0 Å². The Morgan fingerprint density at radius 2 is 1.67 bits per heavy atom. The minimum atomic E-state index is -0.0441. The molecule has 24 heavy (non-hydrogen) atoms. The molecule has 2 aromatic rings. The second-order valence-electron chi connectivity index (χ2n) is 6.45. The quantitative estimate of drug-likeness (QED) is 0.701. The van der Waals surface area contributed by atoms with E-state index in [4.69, 9.17) is 0 Å². The van der Waals surface area contributed by atoms with E-state index in [1.807, 2.05) is 24.3 Å². The fourth-order valence-electron chi connectivity index (χ4n) is 3.19. The first-order chi connectivity index (χ1) is 11.7. The number of amides is 1. The van der Waals surface area contributed by atoms with Crippen molar-refractivity contribution in [1.29, 1.82) is 0 Å². The number of nitrogens with zero attached hydrogens (tertiary/aromatic N) is 2. The van der Waals surface area contributed by atoms with Crippen molar-refractivity contribution in [2.45, 2.75) is 32.2 Å². The minimum absolute atomic E-state index is 0.0441. The zero-order valence-electron chi connectivity index (χ0n) is 14.2. The largest absolute Gasteiger partial charge is 0.302 e. The Kier molecular flexibility index (Phi) is 5.55. The van der Waals surface area contributed by atoms with Crippen molar-refractivity contribution >= 4 is 11.5 Å². The first-order valence-corrected chi connectivity index (χ1v) is 8.68. The molecule has 0 saturated carbocycles. The molecule has 0 unspecified atom stereocenters. The highest BCUT2D eigenvalue weighted by atomic mass is 16.1. The predicted octanol–water partition coefficient (Wildman–Crippen LogP) is 2.69. The highest BCUT2D eigenvalue weighted by Gasteiger charge is 2.15. The van der Waals surface area contributed by atoms with Crippen LogP contribution >= 0.6 is 0 Å². The van der Waals surface area contributed by atoms with Crippen LogP contribution in [0.1, 0.15) is 31.2 Å². The molecule has 3 rings (SSSR count). The van der Waals surface area contributed by atoms with Gasteiger partial charge in [-0.05, 0) is 44.5 Å². The van der Waals surface area contributed by atoms with E-state index in [1.54, 1.807) is 0 Å². The van der Waals surface area contributed by atoms with Crippen LogP contribution in [0.5, 0.6) is 0 Å². The molecule has 1 heterocycles. The van der Waals surface area contributed by atoms with Crippen molar-refractivity contribution in [1.82, 2.24) is 4.90 Å². The van der Waals surface area contributed by atoms with E-state index in [0.717, 1.165) is 54.9 Å². The van der Waals surface area contributed by atoms with Gasteiger partial charge in [0.2, 0.25) is 0 Å². The van der Waals surface area contributed by atoms with E-state index in [1.165, 1.54) is 5.56 Å². The number of benzene rings is 2. The standard InChI is InChI=1S/C21H24N2O/c1-23(16-17-10-4-2-5-11-17)15-9-3-6-13-19-18-12-7-8-14-20(18)22-21(19)24/h2,4-5,7-8,10-12,14H,3,6,9,13,15-16H2,1H3. The van der Waals surface area contributed by atoms with Crippen molar-refractivity contribution < 1.29 is 4.79 Å². The summed E-state index contributed by atoms with van der Waals surface area (Å²) in [6.07, 6.45) is 4.17. The molecule has 0 fully saturated rings. The van der Waals surface area contributed by atoms with E-state index in [9.17, 15) is 4.79 Å². The number of hydrogen-bond donors (Lipinski definition) is 0. The molecule has 0 atom stereocenters. The van der Waals surface area contributed by atoms with Crippen LogP contribution in [0, 0.1) is 0 Å². The van der Waals surface area contributed by atoms with Gasteiger partial charge in [0, 0.05) is 17.3 Å². The molecule has 0 saturated heterocycles. The molecular formula is C21H24N2O. The van der Waals surface area contributed by atoms with Gasteiger partial charge in [-0.2, -0.15) is 0 Å². The fourth-order valence-corrected chi connectivity index (χ4v) is 3.19. The van der Waals surface area contributed by atoms with Crippen LogP contribution in [0.3, 0.4) is 0 Å². The van der Waals surface area contributed by atoms with E-state index < -0.39 is 0 Å². The lowest BCUT2D eigenvalue weighted by molar-refractivity contribution is -0.112. The monoisotopic (exact) mass is 320 g/mol. The number of hydrogen-bond acceptors (Lipinski definition) is 2. The Morgan fingerprint density at radius 1 is 0.917 bits per heavy atom. The van der Waals surface area contributed by atoms with Gasteiger partial charge >= 0.3 is 0 Å². The summed E-state index contributed by atoms with van der Waals surface area (Å²) >= 11 is 0. The Bertz CT molecular complexity index is 811. The second-order valence-corrected chi connectivity index (χ2v) is 6.45. The van der Waals surface area contributed by atoms with Crippen molar-refractivity contribution in [2.75, 3.05) is 13.6 Å². The summed E-state index contributed by atoms with van der Waals surface area (Å²) in [6, 6.07) is 18.4. The van der Waals surface area contributed by atoms with E-state index in [-0.39, 0.29) is 5.91 Å². The lowest BCUT2D eigenvalue weighted by atomic mass is 10.0. The van der Waals surface area contributed by atoms with Gasteiger partial charge in [-0.1, -0.05) is 55.0 Å². The van der Waals surface area contributed by atoms with E-state index in [2.05, 4.69) is 47.3 Å². The average Bonchev–Trinajstić information content (AvgIpc) is 2.91. The maximum atomic E-state index is 12.0.